The number of carbonyl (C=O) groups is 2. The molecule has 0 saturated carbocycles. The number of amides is 1. The van der Waals surface area contributed by atoms with Crippen molar-refractivity contribution in [2.45, 2.75) is 20.3 Å². The van der Waals surface area contributed by atoms with Crippen molar-refractivity contribution in [1.82, 2.24) is 9.88 Å². The molecule has 0 spiro atoms. The highest BCUT2D eigenvalue weighted by atomic mass is 16.5. The van der Waals surface area contributed by atoms with Crippen LogP contribution in [0.3, 0.4) is 0 Å². The summed E-state index contributed by atoms with van der Waals surface area (Å²) < 4.78 is 10.3. The quantitative estimate of drug-likeness (QED) is 0.813. The molecule has 1 aliphatic rings. The maximum Gasteiger partial charge on any atom is 0.338 e. The first kappa shape index (κ1) is 15.5. The third kappa shape index (κ3) is 3.52. The summed E-state index contributed by atoms with van der Waals surface area (Å²) in [7, 11) is 0. The topological polar surface area (TPSA) is 72.6 Å². The monoisotopic (exact) mass is 316 g/mol. The number of nitrogens with zero attached hydrogens (tertiary/aromatic N) is 2. The maximum absolute atomic E-state index is 12.2. The van der Waals surface area contributed by atoms with E-state index in [4.69, 9.17) is 9.15 Å². The van der Waals surface area contributed by atoms with Crippen molar-refractivity contribution in [3.8, 4) is 0 Å². The molecule has 1 fully saturated rings. The van der Waals surface area contributed by atoms with E-state index in [0.717, 1.165) is 19.5 Å². The lowest BCUT2D eigenvalue weighted by Gasteiger charge is -2.34. The van der Waals surface area contributed by atoms with Crippen molar-refractivity contribution in [3.63, 3.8) is 0 Å². The zero-order valence-corrected chi connectivity index (χ0v) is 13.3. The summed E-state index contributed by atoms with van der Waals surface area (Å²) in [5.41, 5.74) is 1.54. The fourth-order valence-corrected chi connectivity index (χ4v) is 3.15. The van der Waals surface area contributed by atoms with E-state index in [1.54, 1.807) is 23.1 Å². The Morgan fingerprint density at radius 1 is 1.30 bits per heavy atom. The lowest BCUT2D eigenvalue weighted by molar-refractivity contribution is -0.137. The maximum atomic E-state index is 12.2. The van der Waals surface area contributed by atoms with Crippen molar-refractivity contribution in [1.29, 1.82) is 0 Å². The van der Waals surface area contributed by atoms with Gasteiger partial charge in [0.2, 0.25) is 0 Å². The molecule has 0 radical (unpaired) electrons. The van der Waals surface area contributed by atoms with Crippen molar-refractivity contribution in [2.75, 3.05) is 19.7 Å². The molecule has 1 saturated heterocycles. The molecule has 1 aromatic heterocycles. The fraction of sp³-hybridized carbons (Fsp3) is 0.471. The second-order valence-electron chi connectivity index (χ2n) is 6.36. The lowest BCUT2D eigenvalue weighted by atomic mass is 9.92. The van der Waals surface area contributed by atoms with E-state index >= 15 is 0 Å². The summed E-state index contributed by atoms with van der Waals surface area (Å²) >= 11 is 0. The Balaban J connectivity index is 1.58. The largest absolute Gasteiger partial charge is 0.452 e. The summed E-state index contributed by atoms with van der Waals surface area (Å²) in [4.78, 5) is 30.1. The van der Waals surface area contributed by atoms with Crippen LogP contribution in [0.2, 0.25) is 0 Å². The highest BCUT2D eigenvalue weighted by Crippen LogP contribution is 2.21. The average molecular weight is 316 g/mol. The van der Waals surface area contributed by atoms with Crippen LogP contribution in [0, 0.1) is 11.8 Å². The average Bonchev–Trinajstić information content (AvgIpc) is 2.98. The molecule has 1 amide bonds. The molecule has 2 heterocycles. The van der Waals surface area contributed by atoms with Crippen LogP contribution in [0.25, 0.3) is 11.1 Å². The normalized spacial score (nSPS) is 21.4. The minimum Gasteiger partial charge on any atom is -0.452 e. The van der Waals surface area contributed by atoms with E-state index in [0.29, 0.717) is 28.5 Å². The minimum atomic E-state index is -0.533. The van der Waals surface area contributed by atoms with Crippen molar-refractivity contribution in [3.05, 3.63) is 30.2 Å². The van der Waals surface area contributed by atoms with E-state index in [9.17, 15) is 9.59 Å². The van der Waals surface area contributed by atoms with Crippen molar-refractivity contribution in [2.24, 2.45) is 11.8 Å². The third-order valence-corrected chi connectivity index (χ3v) is 4.12. The van der Waals surface area contributed by atoms with E-state index in [1.807, 2.05) is 0 Å². The van der Waals surface area contributed by atoms with Crippen LogP contribution in [-0.2, 0) is 9.53 Å². The van der Waals surface area contributed by atoms with E-state index in [2.05, 4.69) is 18.8 Å². The number of likely N-dealkylation sites (tertiary alicyclic amines) is 1. The van der Waals surface area contributed by atoms with Gasteiger partial charge in [0.15, 0.2) is 18.6 Å². The first-order valence-corrected chi connectivity index (χ1v) is 7.81. The zero-order chi connectivity index (χ0) is 16.4. The Bertz CT molecular complexity index is 714. The van der Waals surface area contributed by atoms with Gasteiger partial charge in [-0.15, -0.1) is 0 Å². The molecule has 23 heavy (non-hydrogen) atoms. The Morgan fingerprint density at radius 2 is 2.04 bits per heavy atom. The molecule has 0 bridgehead atoms. The molecule has 0 N–H and O–H groups in total. The second-order valence-corrected chi connectivity index (χ2v) is 6.36. The van der Waals surface area contributed by atoms with Gasteiger partial charge in [-0.3, -0.25) is 4.79 Å². The number of hydrogen-bond acceptors (Lipinski definition) is 5. The van der Waals surface area contributed by atoms with Crippen LogP contribution in [0.4, 0.5) is 0 Å². The molecule has 2 unspecified atom stereocenters. The standard InChI is InChI=1S/C17H20N2O4/c1-11-5-12(2)8-19(7-11)16(20)9-22-17(21)13-3-4-14-15(6-13)23-10-18-14/h3-4,6,10-12H,5,7-9H2,1-2H3. The Morgan fingerprint density at radius 3 is 2.78 bits per heavy atom. The summed E-state index contributed by atoms with van der Waals surface area (Å²) in [5, 5.41) is 0. The lowest BCUT2D eigenvalue weighted by Crippen LogP contribution is -2.44. The number of piperidine rings is 1. The van der Waals surface area contributed by atoms with Crippen LogP contribution in [-0.4, -0.2) is 41.5 Å². The number of oxazole rings is 1. The fourth-order valence-electron chi connectivity index (χ4n) is 3.15. The van der Waals surface area contributed by atoms with Gasteiger partial charge in [-0.2, -0.15) is 0 Å². The highest BCUT2D eigenvalue weighted by Gasteiger charge is 2.26. The van der Waals surface area contributed by atoms with Crippen molar-refractivity contribution >= 4 is 23.0 Å². The van der Waals surface area contributed by atoms with Crippen molar-refractivity contribution < 1.29 is 18.7 Å². The Hall–Kier alpha value is -2.37. The molecule has 3 rings (SSSR count). The molecule has 0 aliphatic carbocycles. The second kappa shape index (κ2) is 6.40. The minimum absolute atomic E-state index is 0.141. The Labute approximate surface area is 134 Å². The van der Waals surface area contributed by atoms with Gasteiger partial charge in [0, 0.05) is 13.1 Å². The van der Waals surface area contributed by atoms with E-state index in [1.165, 1.54) is 6.39 Å². The molecule has 2 atom stereocenters. The highest BCUT2D eigenvalue weighted by molar-refractivity contribution is 5.94. The zero-order valence-electron chi connectivity index (χ0n) is 13.3. The molecule has 1 aromatic carbocycles. The number of esters is 1. The molecular weight excluding hydrogens is 296 g/mol. The van der Waals surface area contributed by atoms with Crippen LogP contribution >= 0.6 is 0 Å². The van der Waals surface area contributed by atoms with E-state index in [-0.39, 0.29) is 12.5 Å². The predicted molar refractivity (Wildman–Crippen MR) is 83.8 cm³/mol. The summed E-state index contributed by atoms with van der Waals surface area (Å²) in [5.74, 6) is 0.284. The summed E-state index contributed by atoms with van der Waals surface area (Å²) in [6.45, 7) is 5.49. The molecule has 122 valence electrons. The van der Waals surface area contributed by atoms with Gasteiger partial charge in [-0.05, 0) is 36.5 Å². The number of fused-ring (bicyclic) bond motifs is 1. The number of ether oxygens (including phenoxy) is 1. The molecule has 6 heteroatoms. The van der Waals surface area contributed by atoms with Crippen LogP contribution in [0.5, 0.6) is 0 Å². The first-order valence-electron chi connectivity index (χ1n) is 7.81. The third-order valence-electron chi connectivity index (χ3n) is 4.12. The predicted octanol–water partition coefficient (Wildman–Crippen LogP) is 2.49. The number of hydrogen-bond donors (Lipinski definition) is 0. The van der Waals surface area contributed by atoms with Crippen LogP contribution in [0.1, 0.15) is 30.6 Å². The van der Waals surface area contributed by atoms with Crippen LogP contribution in [0.15, 0.2) is 29.0 Å². The smallest absolute Gasteiger partial charge is 0.338 e. The van der Waals surface area contributed by atoms with Gasteiger partial charge in [-0.1, -0.05) is 13.8 Å². The van der Waals surface area contributed by atoms with Gasteiger partial charge in [0.25, 0.3) is 5.91 Å². The van der Waals surface area contributed by atoms with E-state index < -0.39 is 5.97 Å². The molecule has 2 aromatic rings. The summed E-state index contributed by atoms with van der Waals surface area (Å²) in [6.07, 6.45) is 2.45. The first-order chi connectivity index (χ1) is 11.0. The SMILES string of the molecule is CC1CC(C)CN(C(=O)COC(=O)c2ccc3ncoc3c2)C1. The van der Waals surface area contributed by atoms with Crippen LogP contribution < -0.4 is 0 Å². The molecular formula is C17H20N2O4. The number of aromatic nitrogens is 1. The van der Waals surface area contributed by atoms with Gasteiger partial charge < -0.3 is 14.1 Å². The van der Waals surface area contributed by atoms with Gasteiger partial charge >= 0.3 is 5.97 Å². The number of rotatable bonds is 3. The number of carbonyl (C=O) groups excluding carboxylic acids is 2. The van der Waals surface area contributed by atoms with Gasteiger partial charge in [0.05, 0.1) is 5.56 Å². The summed E-state index contributed by atoms with van der Waals surface area (Å²) in [6, 6.07) is 4.87. The van der Waals surface area contributed by atoms with Gasteiger partial charge in [-0.25, -0.2) is 9.78 Å². The number of benzene rings is 1. The molecule has 6 nitrogen and oxygen atoms in total. The molecule has 1 aliphatic heterocycles. The Kier molecular flexibility index (Phi) is 4.32. The van der Waals surface area contributed by atoms with Gasteiger partial charge in [0.1, 0.15) is 5.52 Å².